The molecule has 0 atom stereocenters. The van der Waals surface area contributed by atoms with Crippen LogP contribution in [0.4, 0.5) is 5.82 Å². The highest BCUT2D eigenvalue weighted by Crippen LogP contribution is 2.35. The third-order valence-corrected chi connectivity index (χ3v) is 11.6. The molecule has 51 heavy (non-hydrogen) atoms. The molecule has 0 aliphatic rings. The Morgan fingerprint density at radius 1 is 0.588 bits per heavy atom. The lowest BCUT2D eigenvalue weighted by atomic mass is 10.1. The number of anilines is 1. The van der Waals surface area contributed by atoms with Gasteiger partial charge in [-0.15, -0.1) is 0 Å². The van der Waals surface area contributed by atoms with E-state index >= 15 is 0 Å². The molecule has 0 saturated carbocycles. The maximum atomic E-state index is 5.23. The number of nitrogens with one attached hydrogen (secondary N) is 1. The molecule has 0 bridgehead atoms. The molecule has 0 aliphatic carbocycles. The third kappa shape index (κ3) is 5.82. The lowest BCUT2D eigenvalue weighted by Crippen LogP contribution is -2.23. The molecule has 2 aromatic heterocycles. The normalized spacial score (nSPS) is 11.6. The molecular weight excluding hydrogens is 644 g/mol. The Morgan fingerprint density at radius 2 is 1.25 bits per heavy atom. The second-order valence-electron chi connectivity index (χ2n) is 12.2. The van der Waals surface area contributed by atoms with Crippen molar-refractivity contribution < 1.29 is 0 Å². The fraction of sp³-hybridized carbons (Fsp3) is 0. The zero-order valence-corrected chi connectivity index (χ0v) is 28.4. The summed E-state index contributed by atoms with van der Waals surface area (Å²) in [5, 5.41) is 13.1. The van der Waals surface area contributed by atoms with E-state index in [-0.39, 0.29) is 0 Å². The van der Waals surface area contributed by atoms with E-state index in [2.05, 4.69) is 185 Å². The average molecular weight is 675 g/mol. The van der Waals surface area contributed by atoms with E-state index in [4.69, 9.17) is 15.1 Å². The van der Waals surface area contributed by atoms with E-state index in [0.29, 0.717) is 17.0 Å². The van der Waals surface area contributed by atoms with E-state index < -0.39 is 7.92 Å². The summed E-state index contributed by atoms with van der Waals surface area (Å²) < 4.78 is 2.14. The fourth-order valence-corrected chi connectivity index (χ4v) is 9.09. The molecule has 2 heterocycles. The molecule has 9 aromatic rings. The first-order chi connectivity index (χ1) is 25.3. The Morgan fingerprint density at radius 3 is 2.06 bits per heavy atom. The molecule has 242 valence electrons. The van der Waals surface area contributed by atoms with Gasteiger partial charge < -0.3 is 0 Å². The SMILES string of the molecule is C(=N\Nc1ncnc2c1nc(-c1ccc3ccccc3c1)n2-c1cccc2ccccc12)/c1ccccc1P(c1ccccc1)c1ccccc1. The van der Waals surface area contributed by atoms with Crippen LogP contribution in [0.5, 0.6) is 0 Å². The van der Waals surface area contributed by atoms with Crippen molar-refractivity contribution >= 4 is 68.6 Å². The molecule has 0 spiro atoms. The lowest BCUT2D eigenvalue weighted by molar-refractivity contribution is 1.08. The molecule has 0 radical (unpaired) electrons. The first-order valence-corrected chi connectivity index (χ1v) is 18.2. The monoisotopic (exact) mass is 674 g/mol. The van der Waals surface area contributed by atoms with E-state index in [0.717, 1.165) is 38.8 Å². The number of fused-ring (bicyclic) bond motifs is 3. The van der Waals surface area contributed by atoms with Gasteiger partial charge >= 0.3 is 0 Å². The average Bonchev–Trinajstić information content (AvgIpc) is 3.59. The Balaban J connectivity index is 1.15. The summed E-state index contributed by atoms with van der Waals surface area (Å²) in [7, 11) is -0.806. The number of rotatable bonds is 8. The summed E-state index contributed by atoms with van der Waals surface area (Å²) in [5.74, 6) is 1.31. The number of aromatic nitrogens is 4. The Labute approximate surface area is 296 Å². The van der Waals surface area contributed by atoms with E-state index in [1.54, 1.807) is 6.33 Å². The van der Waals surface area contributed by atoms with Gasteiger partial charge in [0.05, 0.1) is 11.9 Å². The maximum Gasteiger partial charge on any atom is 0.177 e. The minimum Gasteiger partial charge on any atom is -0.276 e. The van der Waals surface area contributed by atoms with Crippen LogP contribution in [-0.4, -0.2) is 25.7 Å². The maximum absolute atomic E-state index is 5.23. The molecule has 7 aromatic carbocycles. The van der Waals surface area contributed by atoms with Crippen LogP contribution < -0.4 is 21.3 Å². The molecular formula is C44H31N6P. The van der Waals surface area contributed by atoms with E-state index in [1.165, 1.54) is 21.3 Å². The molecule has 0 saturated heterocycles. The van der Waals surface area contributed by atoms with Crippen LogP contribution in [0.3, 0.4) is 0 Å². The van der Waals surface area contributed by atoms with Gasteiger partial charge in [-0.1, -0.05) is 158 Å². The summed E-state index contributed by atoms with van der Waals surface area (Å²) in [6, 6.07) is 59.4. The molecule has 0 aliphatic heterocycles. The summed E-state index contributed by atoms with van der Waals surface area (Å²) in [6.45, 7) is 0. The second-order valence-corrected chi connectivity index (χ2v) is 14.3. The summed E-state index contributed by atoms with van der Waals surface area (Å²) >= 11 is 0. The van der Waals surface area contributed by atoms with Crippen molar-refractivity contribution in [2.45, 2.75) is 0 Å². The molecule has 0 unspecified atom stereocenters. The zero-order chi connectivity index (χ0) is 34.0. The van der Waals surface area contributed by atoms with Gasteiger partial charge in [0.15, 0.2) is 17.0 Å². The number of hydrazone groups is 1. The highest BCUT2D eigenvalue weighted by molar-refractivity contribution is 7.80. The number of benzene rings is 7. The summed E-state index contributed by atoms with van der Waals surface area (Å²) in [6.07, 6.45) is 3.46. The first-order valence-electron chi connectivity index (χ1n) is 16.8. The van der Waals surface area contributed by atoms with Crippen molar-refractivity contribution in [3.8, 4) is 17.1 Å². The van der Waals surface area contributed by atoms with Crippen LogP contribution in [0, 0.1) is 0 Å². The van der Waals surface area contributed by atoms with Gasteiger partial charge in [-0.05, 0) is 52.1 Å². The van der Waals surface area contributed by atoms with Crippen LogP contribution in [0.2, 0.25) is 0 Å². The molecule has 7 heteroatoms. The van der Waals surface area contributed by atoms with E-state index in [9.17, 15) is 0 Å². The topological polar surface area (TPSA) is 68.0 Å². The second kappa shape index (κ2) is 13.4. The quantitative estimate of drug-likeness (QED) is 0.0993. The number of hydrogen-bond donors (Lipinski definition) is 1. The standard InChI is InChI=1S/C44H31N6P/c1-3-19-36(20-4-1)51(37-21-5-2-6-22-37)40-25-12-10-17-35(40)29-47-49-42-41-44(46-30-45-42)50(39-24-13-18-32-15-9-11-23-38(32)39)43(48-41)34-27-26-31-14-7-8-16-33(31)28-34/h1-30H,(H,45,46,49)/b47-29+. The van der Waals surface area contributed by atoms with Gasteiger partial charge in [-0.3, -0.25) is 9.99 Å². The summed E-state index contributed by atoms with van der Waals surface area (Å²) in [5.41, 5.74) is 7.58. The zero-order valence-electron chi connectivity index (χ0n) is 27.5. The predicted molar refractivity (Wildman–Crippen MR) is 213 cm³/mol. The fourth-order valence-electron chi connectivity index (χ4n) is 6.67. The highest BCUT2D eigenvalue weighted by Gasteiger charge is 2.21. The molecule has 0 amide bonds. The van der Waals surface area contributed by atoms with Gasteiger partial charge in [0.2, 0.25) is 0 Å². The molecule has 0 fully saturated rings. The van der Waals surface area contributed by atoms with Crippen LogP contribution in [-0.2, 0) is 0 Å². The van der Waals surface area contributed by atoms with Crippen LogP contribution in [0.25, 0.3) is 49.8 Å². The van der Waals surface area contributed by atoms with Gasteiger partial charge in [0.25, 0.3) is 0 Å². The highest BCUT2D eigenvalue weighted by atomic mass is 31.1. The number of hydrogen-bond acceptors (Lipinski definition) is 5. The van der Waals surface area contributed by atoms with Crippen molar-refractivity contribution in [2.24, 2.45) is 5.10 Å². The van der Waals surface area contributed by atoms with Gasteiger partial charge in [0, 0.05) is 16.5 Å². The van der Waals surface area contributed by atoms with Crippen molar-refractivity contribution in [1.82, 2.24) is 19.5 Å². The number of imidazole rings is 1. The molecule has 1 N–H and O–H groups in total. The van der Waals surface area contributed by atoms with Crippen molar-refractivity contribution in [1.29, 1.82) is 0 Å². The predicted octanol–water partition coefficient (Wildman–Crippen LogP) is 8.99. The Bertz CT molecular complexity index is 2640. The number of nitrogens with zero attached hydrogens (tertiary/aromatic N) is 5. The summed E-state index contributed by atoms with van der Waals surface area (Å²) in [4.78, 5) is 14.7. The lowest BCUT2D eigenvalue weighted by Gasteiger charge is -2.21. The Kier molecular flexibility index (Phi) is 8.05. The van der Waals surface area contributed by atoms with Crippen molar-refractivity contribution in [3.63, 3.8) is 0 Å². The van der Waals surface area contributed by atoms with Crippen molar-refractivity contribution in [3.05, 3.63) is 182 Å². The van der Waals surface area contributed by atoms with Crippen molar-refractivity contribution in [2.75, 3.05) is 5.43 Å². The van der Waals surface area contributed by atoms with Crippen LogP contribution in [0.15, 0.2) is 181 Å². The smallest absolute Gasteiger partial charge is 0.177 e. The minimum atomic E-state index is -0.806. The van der Waals surface area contributed by atoms with Crippen LogP contribution >= 0.6 is 7.92 Å². The van der Waals surface area contributed by atoms with E-state index in [1.807, 2.05) is 6.21 Å². The first kappa shape index (κ1) is 30.6. The van der Waals surface area contributed by atoms with Gasteiger partial charge in [0.1, 0.15) is 12.2 Å². The van der Waals surface area contributed by atoms with Gasteiger partial charge in [-0.25, -0.2) is 15.0 Å². The van der Waals surface area contributed by atoms with Gasteiger partial charge in [-0.2, -0.15) is 5.10 Å². The molecule has 9 rings (SSSR count). The largest absolute Gasteiger partial charge is 0.276 e. The Hall–Kier alpha value is -6.49. The van der Waals surface area contributed by atoms with Crippen LogP contribution in [0.1, 0.15) is 5.56 Å². The minimum absolute atomic E-state index is 0.531. The molecule has 6 nitrogen and oxygen atoms in total. The third-order valence-electron chi connectivity index (χ3n) is 9.04.